The Hall–Kier alpha value is -3.20. The zero-order chi connectivity index (χ0) is 25.3. The molecule has 4 rings (SSSR count). The molecule has 35 heavy (non-hydrogen) atoms. The number of carbonyl (C=O) groups excluding carboxylic acids is 2. The number of nitrogens with zero attached hydrogens (tertiary/aromatic N) is 1. The van der Waals surface area contributed by atoms with Crippen molar-refractivity contribution in [3.8, 4) is 17.2 Å². The van der Waals surface area contributed by atoms with Crippen LogP contribution in [0.2, 0.25) is 10.0 Å². The largest absolute Gasteiger partial charge is 0.507 e. The van der Waals surface area contributed by atoms with Crippen LogP contribution in [-0.2, 0) is 16.1 Å². The van der Waals surface area contributed by atoms with Crippen LogP contribution in [0.5, 0.6) is 17.2 Å². The van der Waals surface area contributed by atoms with Crippen molar-refractivity contribution in [3.63, 3.8) is 0 Å². The average molecular weight is 534 g/mol. The van der Waals surface area contributed by atoms with E-state index >= 15 is 0 Å². The highest BCUT2D eigenvalue weighted by atomic mass is 35.5. The maximum atomic E-state index is 13.3. The van der Waals surface area contributed by atoms with Gasteiger partial charge in [0.15, 0.2) is 11.5 Å². The zero-order valence-corrected chi connectivity index (χ0v) is 21.1. The van der Waals surface area contributed by atoms with Gasteiger partial charge in [-0.3, -0.25) is 9.59 Å². The van der Waals surface area contributed by atoms with Gasteiger partial charge in [-0.2, -0.15) is 0 Å². The first kappa shape index (κ1) is 24.9. The van der Waals surface area contributed by atoms with Crippen molar-refractivity contribution >= 4 is 52.0 Å². The van der Waals surface area contributed by atoms with Gasteiger partial charge in [0.05, 0.1) is 42.5 Å². The minimum atomic E-state index is -0.973. The van der Waals surface area contributed by atoms with Crippen LogP contribution < -0.4 is 9.47 Å². The molecule has 10 heteroatoms. The molecule has 1 saturated heterocycles. The van der Waals surface area contributed by atoms with E-state index in [1.807, 2.05) is 17.5 Å². The van der Waals surface area contributed by atoms with Crippen molar-refractivity contribution in [2.75, 3.05) is 13.7 Å². The third-order valence-corrected chi connectivity index (χ3v) is 6.87. The van der Waals surface area contributed by atoms with Gasteiger partial charge >= 0.3 is 0 Å². The van der Waals surface area contributed by atoms with Gasteiger partial charge in [-0.1, -0.05) is 35.3 Å². The average Bonchev–Trinajstić information content (AvgIpc) is 3.42. The van der Waals surface area contributed by atoms with Crippen LogP contribution in [0.15, 0.2) is 53.4 Å². The second-order valence-corrected chi connectivity index (χ2v) is 9.51. The molecule has 1 fully saturated rings. The van der Waals surface area contributed by atoms with E-state index in [0.717, 1.165) is 4.88 Å². The molecule has 2 N–H and O–H groups in total. The topological polar surface area (TPSA) is 96.3 Å². The maximum absolute atomic E-state index is 13.3. The first-order valence-electron chi connectivity index (χ1n) is 10.6. The molecule has 0 bridgehead atoms. The molecule has 1 amide bonds. The predicted molar refractivity (Wildman–Crippen MR) is 134 cm³/mol. The lowest BCUT2D eigenvalue weighted by Crippen LogP contribution is -2.28. The van der Waals surface area contributed by atoms with Crippen LogP contribution in [0.25, 0.3) is 5.76 Å². The van der Waals surface area contributed by atoms with Crippen molar-refractivity contribution in [3.05, 3.63) is 79.5 Å². The van der Waals surface area contributed by atoms with E-state index in [1.54, 1.807) is 19.1 Å². The number of amides is 1. The first-order valence-corrected chi connectivity index (χ1v) is 12.2. The molecule has 2 heterocycles. The van der Waals surface area contributed by atoms with Crippen LogP contribution in [0.4, 0.5) is 0 Å². The van der Waals surface area contributed by atoms with Gasteiger partial charge in [-0.25, -0.2) is 0 Å². The third kappa shape index (κ3) is 4.69. The first-order chi connectivity index (χ1) is 16.8. The van der Waals surface area contributed by atoms with Gasteiger partial charge in [0, 0.05) is 9.90 Å². The summed E-state index contributed by atoms with van der Waals surface area (Å²) in [5.41, 5.74) is 0.389. The summed E-state index contributed by atoms with van der Waals surface area (Å²) < 4.78 is 10.9. The Kier molecular flexibility index (Phi) is 7.25. The van der Waals surface area contributed by atoms with E-state index in [1.165, 1.54) is 41.5 Å². The number of aliphatic hydroxyl groups is 1. The van der Waals surface area contributed by atoms with Gasteiger partial charge < -0.3 is 24.6 Å². The number of aromatic hydroxyl groups is 1. The number of Topliss-reactive ketones (excluding diaryl/α,β-unsaturated/α-hetero) is 1. The Morgan fingerprint density at radius 2 is 1.94 bits per heavy atom. The molecule has 1 atom stereocenters. The molecule has 1 aromatic heterocycles. The fraction of sp³-hybridized carbons (Fsp3) is 0.200. The van der Waals surface area contributed by atoms with Gasteiger partial charge in [-0.05, 0) is 48.2 Å². The number of methoxy groups -OCH3 is 1. The molecule has 3 aromatic rings. The van der Waals surface area contributed by atoms with Crippen LogP contribution in [-0.4, -0.2) is 40.5 Å². The summed E-state index contributed by atoms with van der Waals surface area (Å²) in [4.78, 5) is 28.7. The van der Waals surface area contributed by atoms with Gasteiger partial charge in [0.1, 0.15) is 11.5 Å². The SMILES string of the molecule is CCOc1cc(C2/C(=C(\O)c3cc(Cl)cc(Cl)c3OC)C(=O)C(=O)N2Cc2cccs2)ccc1O. The van der Waals surface area contributed by atoms with Gasteiger partial charge in [0.2, 0.25) is 0 Å². The number of ketones is 1. The molecular formula is C25H21Cl2NO6S. The smallest absolute Gasteiger partial charge is 0.295 e. The van der Waals surface area contributed by atoms with E-state index in [4.69, 9.17) is 32.7 Å². The number of phenols is 1. The summed E-state index contributed by atoms with van der Waals surface area (Å²) in [5.74, 6) is -1.91. The molecule has 0 saturated carbocycles. The lowest BCUT2D eigenvalue weighted by molar-refractivity contribution is -0.140. The summed E-state index contributed by atoms with van der Waals surface area (Å²) in [6.07, 6.45) is 0. The molecule has 1 unspecified atom stereocenters. The molecule has 2 aromatic carbocycles. The molecule has 182 valence electrons. The standard InChI is InChI=1S/C25H21Cl2NO6S/c1-3-34-19-9-13(6-7-18(19)29)21-20(22(30)16-10-14(26)11-17(27)24(16)33-2)23(31)25(32)28(21)12-15-5-4-8-35-15/h4-11,21,29-30H,3,12H2,1-2H3/b22-20+. The van der Waals surface area contributed by atoms with Crippen molar-refractivity contribution < 1.29 is 29.3 Å². The van der Waals surface area contributed by atoms with Gasteiger partial charge in [0.25, 0.3) is 11.7 Å². The summed E-state index contributed by atoms with van der Waals surface area (Å²) in [5, 5.41) is 23.8. The summed E-state index contributed by atoms with van der Waals surface area (Å²) in [6, 6.07) is 10.1. The van der Waals surface area contributed by atoms with E-state index < -0.39 is 23.5 Å². The second-order valence-electron chi connectivity index (χ2n) is 7.63. The fourth-order valence-corrected chi connectivity index (χ4v) is 5.29. The molecule has 7 nitrogen and oxygen atoms in total. The van der Waals surface area contributed by atoms with Crippen molar-refractivity contribution in [2.45, 2.75) is 19.5 Å². The van der Waals surface area contributed by atoms with Crippen LogP contribution >= 0.6 is 34.5 Å². The zero-order valence-electron chi connectivity index (χ0n) is 18.7. The number of phenolic OH excluding ortho intramolecular Hbond substituents is 1. The summed E-state index contributed by atoms with van der Waals surface area (Å²) in [6.45, 7) is 2.21. The lowest BCUT2D eigenvalue weighted by atomic mass is 9.94. The molecule has 0 aliphatic carbocycles. The van der Waals surface area contributed by atoms with E-state index in [9.17, 15) is 19.8 Å². The number of likely N-dealkylation sites (tertiary alicyclic amines) is 1. The summed E-state index contributed by atoms with van der Waals surface area (Å²) in [7, 11) is 1.37. The Labute approximate surface area is 215 Å². The van der Waals surface area contributed by atoms with Crippen molar-refractivity contribution in [1.29, 1.82) is 0 Å². The normalized spacial score (nSPS) is 17.1. The molecule has 0 radical (unpaired) electrons. The number of aliphatic hydroxyl groups excluding tert-OH is 1. The highest BCUT2D eigenvalue weighted by Crippen LogP contribution is 2.45. The highest BCUT2D eigenvalue weighted by Gasteiger charge is 2.46. The number of carbonyl (C=O) groups is 2. The fourth-order valence-electron chi connectivity index (χ4n) is 4.02. The molecule has 1 aliphatic rings. The molecule has 1 aliphatic heterocycles. The monoisotopic (exact) mass is 533 g/mol. The lowest BCUT2D eigenvalue weighted by Gasteiger charge is -2.25. The molecular weight excluding hydrogens is 513 g/mol. The number of hydrogen-bond donors (Lipinski definition) is 2. The van der Waals surface area contributed by atoms with Crippen molar-refractivity contribution in [2.24, 2.45) is 0 Å². The second kappa shape index (κ2) is 10.2. The number of hydrogen-bond acceptors (Lipinski definition) is 7. The number of benzene rings is 2. The Morgan fingerprint density at radius 1 is 1.17 bits per heavy atom. The minimum absolute atomic E-state index is 0.0768. The van der Waals surface area contributed by atoms with Gasteiger partial charge in [-0.15, -0.1) is 11.3 Å². The van der Waals surface area contributed by atoms with Crippen molar-refractivity contribution in [1.82, 2.24) is 4.90 Å². The Morgan fingerprint density at radius 3 is 2.60 bits per heavy atom. The van der Waals surface area contributed by atoms with Crippen LogP contribution in [0.1, 0.15) is 29.0 Å². The van der Waals surface area contributed by atoms with Crippen LogP contribution in [0, 0.1) is 0 Å². The number of rotatable bonds is 7. The number of halogens is 2. The summed E-state index contributed by atoms with van der Waals surface area (Å²) >= 11 is 13.9. The van der Waals surface area contributed by atoms with Crippen LogP contribution in [0.3, 0.4) is 0 Å². The highest BCUT2D eigenvalue weighted by molar-refractivity contribution is 7.09. The Balaban J connectivity index is 1.95. The Bertz CT molecular complexity index is 1320. The number of thiophene rings is 1. The van der Waals surface area contributed by atoms with E-state index in [-0.39, 0.29) is 45.0 Å². The maximum Gasteiger partial charge on any atom is 0.295 e. The van der Waals surface area contributed by atoms with E-state index in [2.05, 4.69) is 0 Å². The molecule has 0 spiro atoms. The quantitative estimate of drug-likeness (QED) is 0.226. The minimum Gasteiger partial charge on any atom is -0.507 e. The third-order valence-electron chi connectivity index (χ3n) is 5.51. The number of ether oxygens (including phenoxy) is 2. The van der Waals surface area contributed by atoms with E-state index in [0.29, 0.717) is 12.2 Å². The predicted octanol–water partition coefficient (Wildman–Crippen LogP) is 5.79.